The number of ether oxygens (including phenoxy) is 2. The van der Waals surface area contributed by atoms with E-state index in [2.05, 4.69) is 21.0 Å². The van der Waals surface area contributed by atoms with Gasteiger partial charge in [0.2, 0.25) is 0 Å². The summed E-state index contributed by atoms with van der Waals surface area (Å²) in [7, 11) is 0. The first kappa shape index (κ1) is 28.5. The Hall–Kier alpha value is -3.46. The van der Waals surface area contributed by atoms with Crippen LogP contribution in [0.25, 0.3) is 5.65 Å². The minimum absolute atomic E-state index is 0.00750. The number of hydrogen-bond acceptors (Lipinski definition) is 7. The third kappa shape index (κ3) is 5.24. The fourth-order valence-electron chi connectivity index (χ4n) is 5.69. The van der Waals surface area contributed by atoms with Gasteiger partial charge in [-0.2, -0.15) is 0 Å². The Balaban J connectivity index is 0.000000385. The number of carboxylic acids is 1. The molecule has 3 aliphatic heterocycles. The normalized spacial score (nSPS) is 25.2. The largest absolute Gasteiger partial charge is 0.481 e. The van der Waals surface area contributed by atoms with E-state index in [-0.39, 0.29) is 13.0 Å². The molecule has 1 saturated carbocycles. The minimum atomic E-state index is -1.21. The number of fused-ring (bicyclic) bond motifs is 2. The van der Waals surface area contributed by atoms with Crippen LogP contribution in [0.3, 0.4) is 0 Å². The third-order valence-corrected chi connectivity index (χ3v) is 7.36. The van der Waals surface area contributed by atoms with Crippen molar-refractivity contribution in [1.82, 2.24) is 14.6 Å². The summed E-state index contributed by atoms with van der Waals surface area (Å²) in [4.78, 5) is 32.1. The number of hydrogen-bond donors (Lipinski definition) is 1. The van der Waals surface area contributed by atoms with E-state index in [4.69, 9.17) is 9.47 Å². The van der Waals surface area contributed by atoms with Crippen LogP contribution in [-0.2, 0) is 24.7 Å². The molecule has 7 rings (SSSR count). The van der Waals surface area contributed by atoms with Gasteiger partial charge in [-0.15, -0.1) is 5.10 Å². The SMILES string of the molecule is CC.Cc1cc(N2CCCC2)cn2nc(C34CC(C(=O)OC(C)(C)C)(CO3)C4C(=O)O)nc12.c1ccccc1. The molecule has 210 valence electrons. The summed E-state index contributed by atoms with van der Waals surface area (Å²) in [5, 5.41) is 14.6. The second-order valence-electron chi connectivity index (χ2n) is 11.2. The van der Waals surface area contributed by atoms with Gasteiger partial charge in [0.1, 0.15) is 22.5 Å². The van der Waals surface area contributed by atoms with Crippen molar-refractivity contribution in [3.8, 4) is 0 Å². The zero-order valence-electron chi connectivity index (χ0n) is 23.8. The van der Waals surface area contributed by atoms with Gasteiger partial charge in [-0.25, -0.2) is 9.50 Å². The van der Waals surface area contributed by atoms with Crippen molar-refractivity contribution in [2.75, 3.05) is 24.6 Å². The minimum Gasteiger partial charge on any atom is -0.481 e. The molecule has 1 N–H and O–H groups in total. The number of carbonyl (C=O) groups excluding carboxylic acids is 1. The van der Waals surface area contributed by atoms with Gasteiger partial charge < -0.3 is 19.5 Å². The van der Waals surface area contributed by atoms with Crippen molar-refractivity contribution in [3.63, 3.8) is 0 Å². The summed E-state index contributed by atoms with van der Waals surface area (Å²) in [6.45, 7) is 13.3. The monoisotopic (exact) mass is 536 g/mol. The van der Waals surface area contributed by atoms with Crippen LogP contribution in [0.1, 0.15) is 65.3 Å². The van der Waals surface area contributed by atoms with Crippen LogP contribution in [-0.4, -0.2) is 56.9 Å². The Labute approximate surface area is 230 Å². The highest BCUT2D eigenvalue weighted by molar-refractivity contribution is 5.90. The zero-order chi connectivity index (χ0) is 28.4. The highest BCUT2D eigenvalue weighted by Gasteiger charge is 2.79. The Morgan fingerprint density at radius 2 is 1.67 bits per heavy atom. The van der Waals surface area contributed by atoms with Gasteiger partial charge in [0.05, 0.1) is 18.5 Å². The van der Waals surface area contributed by atoms with Crippen LogP contribution >= 0.6 is 0 Å². The number of pyridine rings is 1. The lowest BCUT2D eigenvalue weighted by Crippen LogP contribution is -2.61. The molecular formula is C30H40N4O5. The molecule has 3 unspecified atom stereocenters. The van der Waals surface area contributed by atoms with Crippen LogP contribution < -0.4 is 4.90 Å². The van der Waals surface area contributed by atoms with E-state index < -0.39 is 34.5 Å². The average molecular weight is 537 g/mol. The van der Waals surface area contributed by atoms with Gasteiger partial charge >= 0.3 is 11.9 Å². The number of carbonyl (C=O) groups is 2. The molecule has 2 aromatic heterocycles. The first-order valence-corrected chi connectivity index (χ1v) is 13.8. The predicted octanol–water partition coefficient (Wildman–Crippen LogP) is 5.01. The molecule has 0 radical (unpaired) electrons. The maximum Gasteiger partial charge on any atom is 0.316 e. The van der Waals surface area contributed by atoms with Crippen molar-refractivity contribution in [2.45, 2.75) is 72.0 Å². The van der Waals surface area contributed by atoms with Crippen molar-refractivity contribution >= 4 is 23.3 Å². The zero-order valence-corrected chi connectivity index (χ0v) is 23.8. The van der Waals surface area contributed by atoms with E-state index in [0.717, 1.165) is 24.3 Å². The standard InChI is InChI=1S/C22H28N4O5.C6H6.C2H6/c1-13-9-14(25-7-5-6-8-25)10-26-16(13)23-18(24-26)22-11-21(12-30-22,15(22)17(27)28)19(29)31-20(2,3)4;1-2-4-6-5-3-1;1-2/h9-10,15H,5-8,11-12H2,1-4H3,(H,27,28);1-6H;1-2H3. The van der Waals surface area contributed by atoms with Crippen molar-refractivity contribution < 1.29 is 24.2 Å². The van der Waals surface area contributed by atoms with Crippen molar-refractivity contribution in [1.29, 1.82) is 0 Å². The van der Waals surface area contributed by atoms with Crippen LogP contribution in [0.4, 0.5) is 5.69 Å². The molecule has 3 saturated heterocycles. The molecule has 0 amide bonds. The van der Waals surface area contributed by atoms with Crippen molar-refractivity contribution in [2.24, 2.45) is 11.3 Å². The van der Waals surface area contributed by atoms with Gasteiger partial charge in [0.15, 0.2) is 11.5 Å². The first-order valence-electron chi connectivity index (χ1n) is 13.8. The lowest BCUT2D eigenvalue weighted by atomic mass is 9.53. The summed E-state index contributed by atoms with van der Waals surface area (Å²) >= 11 is 0. The molecule has 9 heteroatoms. The Kier molecular flexibility index (Phi) is 8.02. The molecule has 9 nitrogen and oxygen atoms in total. The van der Waals surface area contributed by atoms with Crippen LogP contribution in [0.15, 0.2) is 48.7 Å². The lowest BCUT2D eigenvalue weighted by Gasteiger charge is -2.47. The molecular weight excluding hydrogens is 496 g/mol. The maximum absolute atomic E-state index is 12.9. The van der Waals surface area contributed by atoms with E-state index in [1.165, 1.54) is 12.8 Å². The quantitative estimate of drug-likeness (QED) is 0.464. The van der Waals surface area contributed by atoms with E-state index in [9.17, 15) is 14.7 Å². The Bertz CT molecular complexity index is 1290. The smallest absolute Gasteiger partial charge is 0.316 e. The topological polar surface area (TPSA) is 106 Å². The second-order valence-corrected chi connectivity index (χ2v) is 11.2. The highest BCUT2D eigenvalue weighted by atomic mass is 16.6. The summed E-state index contributed by atoms with van der Waals surface area (Å²) < 4.78 is 13.2. The molecule has 1 aromatic carbocycles. The summed E-state index contributed by atoms with van der Waals surface area (Å²) in [6, 6.07) is 14.1. The molecule has 2 bridgehead atoms. The number of benzene rings is 1. The highest BCUT2D eigenvalue weighted by Crippen LogP contribution is 2.67. The number of aliphatic carboxylic acids is 1. The lowest BCUT2D eigenvalue weighted by molar-refractivity contribution is -0.194. The Morgan fingerprint density at radius 1 is 1.08 bits per heavy atom. The Morgan fingerprint density at radius 3 is 2.21 bits per heavy atom. The second kappa shape index (κ2) is 11.0. The molecule has 39 heavy (non-hydrogen) atoms. The van der Waals surface area contributed by atoms with Gasteiger partial charge in [-0.3, -0.25) is 9.59 Å². The number of carboxylic acid groups (broad SMARTS) is 1. The maximum atomic E-state index is 12.9. The average Bonchev–Trinajstić information content (AvgIpc) is 3.68. The van der Waals surface area contributed by atoms with Gasteiger partial charge in [-0.1, -0.05) is 50.2 Å². The number of aryl methyl sites for hydroxylation is 1. The van der Waals surface area contributed by atoms with Crippen LogP contribution in [0.5, 0.6) is 0 Å². The summed E-state index contributed by atoms with van der Waals surface area (Å²) in [5.74, 6) is -2.39. The third-order valence-electron chi connectivity index (χ3n) is 7.36. The van der Waals surface area contributed by atoms with E-state index >= 15 is 0 Å². The number of anilines is 1. The van der Waals surface area contributed by atoms with Crippen LogP contribution in [0, 0.1) is 18.3 Å². The first-order chi connectivity index (χ1) is 18.6. The number of esters is 1. The van der Waals surface area contributed by atoms with E-state index in [1.54, 1.807) is 25.3 Å². The molecule has 3 aromatic rings. The van der Waals surface area contributed by atoms with E-state index in [0.29, 0.717) is 11.5 Å². The number of nitrogens with zero attached hydrogens (tertiary/aromatic N) is 4. The molecule has 4 aliphatic rings. The number of aromatic nitrogens is 3. The van der Waals surface area contributed by atoms with Gasteiger partial charge in [0.25, 0.3) is 0 Å². The fourth-order valence-corrected chi connectivity index (χ4v) is 5.69. The molecule has 4 fully saturated rings. The molecule has 1 aliphatic carbocycles. The summed E-state index contributed by atoms with van der Waals surface area (Å²) in [6.07, 6.45) is 4.49. The van der Waals surface area contributed by atoms with Gasteiger partial charge in [-0.05, 0) is 52.2 Å². The number of rotatable bonds is 4. The van der Waals surface area contributed by atoms with Crippen LogP contribution in [0.2, 0.25) is 0 Å². The molecule has 0 spiro atoms. The summed E-state index contributed by atoms with van der Waals surface area (Å²) in [5.41, 5.74) is -0.416. The van der Waals surface area contributed by atoms with Crippen molar-refractivity contribution in [3.05, 3.63) is 60.0 Å². The van der Waals surface area contributed by atoms with Gasteiger partial charge in [0, 0.05) is 19.5 Å². The fraction of sp³-hybridized carbons (Fsp3) is 0.533. The molecule has 3 atom stereocenters. The van der Waals surface area contributed by atoms with E-state index in [1.807, 2.05) is 63.4 Å². The molecule has 5 heterocycles. The predicted molar refractivity (Wildman–Crippen MR) is 149 cm³/mol.